The molecule has 1 fully saturated rings. The van der Waals surface area contributed by atoms with Gasteiger partial charge >= 0.3 is 0 Å². The van der Waals surface area contributed by atoms with E-state index in [1.165, 1.54) is 34.5 Å². The lowest BCUT2D eigenvalue weighted by Crippen LogP contribution is -2.48. The highest BCUT2D eigenvalue weighted by Gasteiger charge is 2.31. The summed E-state index contributed by atoms with van der Waals surface area (Å²) < 4.78 is 15.7. The van der Waals surface area contributed by atoms with Gasteiger partial charge in [0.05, 0.1) is 6.04 Å². The number of tetrazole rings is 1. The van der Waals surface area contributed by atoms with Crippen molar-refractivity contribution in [2.45, 2.75) is 32.9 Å². The Kier molecular flexibility index (Phi) is 6.86. The second-order valence-corrected chi connectivity index (χ2v) is 9.19. The smallest absolute Gasteiger partial charge is 0.173 e. The summed E-state index contributed by atoms with van der Waals surface area (Å²) in [5, 5.41) is 12.8. The predicted molar refractivity (Wildman–Crippen MR) is 136 cm³/mol. The SMILES string of the molecule is Cc1cccc(N2CCN([C@H](c3ccc(F)cc3)c3nnnn3CCc3ccccc3)CC2)c1C. The maximum absolute atomic E-state index is 13.8. The van der Waals surface area contributed by atoms with Gasteiger partial charge in [0.2, 0.25) is 0 Å². The van der Waals surface area contributed by atoms with Gasteiger partial charge in [0.25, 0.3) is 0 Å². The van der Waals surface area contributed by atoms with Crippen LogP contribution in [0.5, 0.6) is 0 Å². The van der Waals surface area contributed by atoms with Crippen LogP contribution in [0.3, 0.4) is 0 Å². The first-order chi connectivity index (χ1) is 17.1. The summed E-state index contributed by atoms with van der Waals surface area (Å²) in [6.07, 6.45) is 0.843. The zero-order valence-corrected chi connectivity index (χ0v) is 20.3. The predicted octanol–water partition coefficient (Wildman–Crippen LogP) is 4.58. The molecule has 1 aliphatic rings. The van der Waals surface area contributed by atoms with E-state index in [4.69, 9.17) is 0 Å². The molecule has 1 saturated heterocycles. The molecule has 0 unspecified atom stereocenters. The number of aromatic nitrogens is 4. The number of benzene rings is 3. The van der Waals surface area contributed by atoms with Gasteiger partial charge < -0.3 is 4.90 Å². The normalized spacial score (nSPS) is 15.3. The molecular weight excluding hydrogens is 439 g/mol. The molecule has 0 N–H and O–H groups in total. The van der Waals surface area contributed by atoms with Gasteiger partial charge in [-0.2, -0.15) is 0 Å². The minimum absolute atomic E-state index is 0.137. The molecule has 1 aromatic heterocycles. The third kappa shape index (κ3) is 5.10. The summed E-state index contributed by atoms with van der Waals surface area (Å²) >= 11 is 0. The molecule has 5 rings (SSSR count). The Morgan fingerprint density at radius 2 is 1.60 bits per heavy atom. The van der Waals surface area contributed by atoms with Crippen molar-refractivity contribution < 1.29 is 4.39 Å². The lowest BCUT2D eigenvalue weighted by Gasteiger charge is -2.40. The van der Waals surface area contributed by atoms with Crippen molar-refractivity contribution in [3.05, 3.63) is 107 Å². The maximum Gasteiger partial charge on any atom is 0.173 e. The Labute approximate surface area is 206 Å². The van der Waals surface area contributed by atoms with E-state index in [2.05, 4.69) is 69.5 Å². The van der Waals surface area contributed by atoms with Crippen LogP contribution >= 0.6 is 0 Å². The van der Waals surface area contributed by atoms with Crippen LogP contribution in [-0.2, 0) is 13.0 Å². The van der Waals surface area contributed by atoms with Crippen molar-refractivity contribution in [2.75, 3.05) is 31.1 Å². The fourth-order valence-corrected chi connectivity index (χ4v) is 4.91. The van der Waals surface area contributed by atoms with Crippen molar-refractivity contribution in [3.63, 3.8) is 0 Å². The first-order valence-electron chi connectivity index (χ1n) is 12.2. The number of halogens is 1. The molecule has 1 atom stereocenters. The summed E-state index contributed by atoms with van der Waals surface area (Å²) in [6, 6.07) is 23.5. The van der Waals surface area contributed by atoms with Crippen LogP contribution < -0.4 is 4.90 Å². The molecule has 3 aromatic carbocycles. The van der Waals surface area contributed by atoms with E-state index in [1.54, 1.807) is 0 Å². The van der Waals surface area contributed by atoms with E-state index >= 15 is 0 Å². The van der Waals surface area contributed by atoms with Crippen LogP contribution in [0.25, 0.3) is 0 Å². The second-order valence-electron chi connectivity index (χ2n) is 9.19. The highest BCUT2D eigenvalue weighted by molar-refractivity contribution is 5.56. The molecule has 4 aromatic rings. The van der Waals surface area contributed by atoms with Crippen LogP contribution in [0.4, 0.5) is 10.1 Å². The van der Waals surface area contributed by atoms with Gasteiger partial charge in [-0.15, -0.1) is 5.10 Å². The van der Waals surface area contributed by atoms with Crippen LogP contribution in [0.1, 0.15) is 34.1 Å². The second kappa shape index (κ2) is 10.4. The van der Waals surface area contributed by atoms with Gasteiger partial charge in [-0.05, 0) is 71.1 Å². The van der Waals surface area contributed by atoms with E-state index in [9.17, 15) is 4.39 Å². The minimum Gasteiger partial charge on any atom is -0.369 e. The Morgan fingerprint density at radius 3 is 2.34 bits per heavy atom. The summed E-state index contributed by atoms with van der Waals surface area (Å²) in [4.78, 5) is 4.87. The van der Waals surface area contributed by atoms with Gasteiger partial charge in [0.1, 0.15) is 5.82 Å². The van der Waals surface area contributed by atoms with Crippen LogP contribution in [0, 0.1) is 19.7 Å². The minimum atomic E-state index is -0.240. The third-order valence-electron chi connectivity index (χ3n) is 7.04. The van der Waals surface area contributed by atoms with Crippen molar-refractivity contribution in [2.24, 2.45) is 0 Å². The summed E-state index contributed by atoms with van der Waals surface area (Å²) in [5.41, 5.74) is 6.19. The zero-order chi connectivity index (χ0) is 24.2. The molecule has 0 amide bonds. The highest BCUT2D eigenvalue weighted by Crippen LogP contribution is 2.30. The van der Waals surface area contributed by atoms with Gasteiger partial charge in [-0.3, -0.25) is 4.90 Å². The van der Waals surface area contributed by atoms with Crippen molar-refractivity contribution in [3.8, 4) is 0 Å². The lowest BCUT2D eigenvalue weighted by molar-refractivity contribution is 0.200. The van der Waals surface area contributed by atoms with Crippen molar-refractivity contribution in [1.29, 1.82) is 0 Å². The van der Waals surface area contributed by atoms with Crippen LogP contribution in [0.2, 0.25) is 0 Å². The highest BCUT2D eigenvalue weighted by atomic mass is 19.1. The number of anilines is 1. The molecule has 1 aliphatic heterocycles. The van der Waals surface area contributed by atoms with E-state index in [-0.39, 0.29) is 11.9 Å². The van der Waals surface area contributed by atoms with Crippen molar-refractivity contribution in [1.82, 2.24) is 25.1 Å². The van der Waals surface area contributed by atoms with Crippen LogP contribution in [-0.4, -0.2) is 51.3 Å². The summed E-state index contributed by atoms with van der Waals surface area (Å²) in [6.45, 7) is 8.59. The molecule has 0 saturated carbocycles. The first-order valence-corrected chi connectivity index (χ1v) is 12.2. The van der Waals surface area contributed by atoms with E-state index in [0.717, 1.165) is 44.0 Å². The van der Waals surface area contributed by atoms with E-state index < -0.39 is 0 Å². The largest absolute Gasteiger partial charge is 0.369 e. The fourth-order valence-electron chi connectivity index (χ4n) is 4.91. The Hall–Kier alpha value is -3.58. The number of hydrogen-bond acceptors (Lipinski definition) is 5. The molecule has 35 heavy (non-hydrogen) atoms. The zero-order valence-electron chi connectivity index (χ0n) is 20.3. The fraction of sp³-hybridized carbons (Fsp3) is 0.321. The monoisotopic (exact) mass is 470 g/mol. The lowest BCUT2D eigenvalue weighted by atomic mass is 10.0. The molecule has 0 aliphatic carbocycles. The average molecular weight is 471 g/mol. The number of rotatable bonds is 7. The quantitative estimate of drug-likeness (QED) is 0.396. The molecule has 0 spiro atoms. The van der Waals surface area contributed by atoms with E-state index in [1.807, 2.05) is 35.0 Å². The Balaban J connectivity index is 1.39. The molecule has 7 heteroatoms. The van der Waals surface area contributed by atoms with E-state index in [0.29, 0.717) is 6.54 Å². The van der Waals surface area contributed by atoms with Gasteiger partial charge in [-0.1, -0.05) is 54.6 Å². The molecule has 180 valence electrons. The molecule has 0 radical (unpaired) electrons. The Morgan fingerprint density at radius 1 is 0.857 bits per heavy atom. The number of piperazine rings is 1. The average Bonchev–Trinajstić information content (AvgIpc) is 3.35. The summed E-state index contributed by atoms with van der Waals surface area (Å²) in [7, 11) is 0. The number of nitrogens with zero attached hydrogens (tertiary/aromatic N) is 6. The number of hydrogen-bond donors (Lipinski definition) is 0. The molecule has 0 bridgehead atoms. The molecule has 6 nitrogen and oxygen atoms in total. The molecular formula is C28H31FN6. The van der Waals surface area contributed by atoms with Crippen molar-refractivity contribution >= 4 is 5.69 Å². The Bertz CT molecular complexity index is 1250. The third-order valence-corrected chi connectivity index (χ3v) is 7.04. The van der Waals surface area contributed by atoms with Crippen LogP contribution in [0.15, 0.2) is 72.8 Å². The van der Waals surface area contributed by atoms with Gasteiger partial charge in [0, 0.05) is 38.4 Å². The maximum atomic E-state index is 13.8. The van der Waals surface area contributed by atoms with Gasteiger partial charge in [0.15, 0.2) is 5.82 Å². The topological polar surface area (TPSA) is 50.1 Å². The number of aryl methyl sites for hydroxylation is 3. The molecule has 2 heterocycles. The first kappa shape index (κ1) is 23.2. The van der Waals surface area contributed by atoms with Gasteiger partial charge in [-0.25, -0.2) is 9.07 Å². The standard InChI is InChI=1S/C28H31FN6/c1-21-7-6-10-26(22(21)2)33-17-19-34(20-18-33)27(24-11-13-25(29)14-12-24)28-30-31-32-35(28)16-15-23-8-4-3-5-9-23/h3-14,27H,15-20H2,1-2H3/t27-/m1/s1. The summed E-state index contributed by atoms with van der Waals surface area (Å²) in [5.74, 6) is 0.559.